The zero-order chi connectivity index (χ0) is 25.4. The van der Waals surface area contributed by atoms with Crippen molar-refractivity contribution >= 4 is 38.4 Å². The second kappa shape index (κ2) is 17.4. The lowest BCUT2D eigenvalue weighted by molar-refractivity contribution is 0.0202. The summed E-state index contributed by atoms with van der Waals surface area (Å²) in [7, 11) is -2.72. The smallest absolute Gasteiger partial charge is 0.439 e. The molecule has 1 amide bonds. The fourth-order valence-electron chi connectivity index (χ4n) is 3.60. The van der Waals surface area contributed by atoms with Gasteiger partial charge in [-0.05, 0) is 32.8 Å². The molecule has 1 N–H and O–H groups in total. The van der Waals surface area contributed by atoms with E-state index in [9.17, 15) is 4.79 Å². The van der Waals surface area contributed by atoms with Crippen molar-refractivity contribution in [3.8, 4) is 0 Å². The van der Waals surface area contributed by atoms with Gasteiger partial charge < -0.3 is 28.1 Å². The average molecular weight is 544 g/mol. The van der Waals surface area contributed by atoms with Crippen molar-refractivity contribution in [1.82, 2.24) is 5.32 Å². The van der Waals surface area contributed by atoms with Gasteiger partial charge in [-0.25, -0.2) is 4.79 Å². The van der Waals surface area contributed by atoms with E-state index < -0.39 is 21.0 Å². The van der Waals surface area contributed by atoms with Gasteiger partial charge in [-0.15, -0.1) is 0 Å². The first kappa shape index (κ1) is 30.2. The first-order valence-electron chi connectivity index (χ1n) is 12.4. The van der Waals surface area contributed by atoms with Gasteiger partial charge in [0.05, 0.1) is 13.2 Å². The average Bonchev–Trinajstić information content (AvgIpc) is 3.06. The van der Waals surface area contributed by atoms with Gasteiger partial charge in [-0.3, -0.25) is 0 Å². The summed E-state index contributed by atoms with van der Waals surface area (Å²) >= 11 is 3.79. The third-order valence-corrected chi connectivity index (χ3v) is 11.1. The number of ether oxygens (including phenoxy) is 2. The molecule has 2 unspecified atom stereocenters. The molecule has 2 rings (SSSR count). The summed E-state index contributed by atoms with van der Waals surface area (Å²) in [5, 5.41) is 3.27. The molecule has 0 spiro atoms. The van der Waals surface area contributed by atoms with E-state index in [0.29, 0.717) is 57.3 Å². The van der Waals surface area contributed by atoms with Crippen LogP contribution >= 0.6 is 23.5 Å². The molecule has 0 aliphatic carbocycles. The van der Waals surface area contributed by atoms with Crippen LogP contribution in [0.2, 0.25) is 6.04 Å². The van der Waals surface area contributed by atoms with Crippen LogP contribution in [0, 0.1) is 0 Å². The zero-order valence-corrected chi connectivity index (χ0v) is 23.9. The molecule has 1 aliphatic rings. The first-order valence-corrected chi connectivity index (χ1v) is 16.5. The third kappa shape index (κ3) is 11.7. The van der Waals surface area contributed by atoms with Gasteiger partial charge in [-0.1, -0.05) is 42.5 Å². The molecular formula is C25H41NO6S2Si. The summed E-state index contributed by atoms with van der Waals surface area (Å²) < 4.78 is 29.4. The van der Waals surface area contributed by atoms with Crippen molar-refractivity contribution in [2.45, 2.75) is 44.6 Å². The predicted octanol–water partition coefficient (Wildman–Crippen LogP) is 5.31. The van der Waals surface area contributed by atoms with Gasteiger partial charge >= 0.3 is 14.9 Å². The maximum atomic E-state index is 12.6. The number of nitrogens with one attached hydrogen (secondary N) is 1. The van der Waals surface area contributed by atoms with E-state index >= 15 is 0 Å². The summed E-state index contributed by atoms with van der Waals surface area (Å²) in [6.45, 7) is 12.9. The monoisotopic (exact) mass is 543 g/mol. The molecule has 0 saturated carbocycles. The molecule has 10 heteroatoms. The van der Waals surface area contributed by atoms with E-state index in [1.807, 2.05) is 74.6 Å². The number of hydrogen-bond donors (Lipinski definition) is 1. The Hall–Kier alpha value is -1.01. The number of carbonyl (C=O) groups excluding carboxylic acids is 1. The van der Waals surface area contributed by atoms with Crippen LogP contribution in [0.25, 0.3) is 0 Å². The minimum absolute atomic E-state index is 0.315. The third-order valence-electron chi connectivity index (χ3n) is 5.15. The summed E-state index contributed by atoms with van der Waals surface area (Å²) in [4.78, 5) is 12.6. The molecular weight excluding hydrogens is 502 g/mol. The van der Waals surface area contributed by atoms with Gasteiger partial charge in [0.25, 0.3) is 0 Å². The Balaban J connectivity index is 1.83. The number of alkyl carbamates (subject to hydrolysis) is 1. The van der Waals surface area contributed by atoms with Gasteiger partial charge in [0, 0.05) is 54.9 Å². The molecule has 0 aromatic heterocycles. The molecule has 0 radical (unpaired) electrons. The highest BCUT2D eigenvalue weighted by Gasteiger charge is 2.39. The molecule has 1 aliphatic heterocycles. The Morgan fingerprint density at radius 1 is 1.11 bits per heavy atom. The molecule has 1 saturated heterocycles. The number of carbonyl (C=O) groups is 1. The van der Waals surface area contributed by atoms with E-state index in [-0.39, 0.29) is 0 Å². The van der Waals surface area contributed by atoms with Crippen LogP contribution in [0.3, 0.4) is 0 Å². The van der Waals surface area contributed by atoms with E-state index in [0.717, 1.165) is 22.8 Å². The Kier molecular flexibility index (Phi) is 15.1. The molecule has 1 fully saturated rings. The quantitative estimate of drug-likeness (QED) is 0.171. The first-order chi connectivity index (χ1) is 17.0. The van der Waals surface area contributed by atoms with E-state index in [4.69, 9.17) is 22.8 Å². The van der Waals surface area contributed by atoms with Crippen LogP contribution < -0.4 is 5.32 Å². The number of hydrogen-bond acceptors (Lipinski definition) is 8. The molecule has 1 aromatic rings. The number of thioether (sulfide) groups is 2. The molecule has 2 atom stereocenters. The summed E-state index contributed by atoms with van der Waals surface area (Å²) in [6.07, 6.45) is -0.261. The van der Waals surface area contributed by atoms with Crippen LogP contribution in [0.5, 0.6) is 0 Å². The van der Waals surface area contributed by atoms with Crippen LogP contribution in [-0.4, -0.2) is 77.0 Å². The maximum absolute atomic E-state index is 12.6. The fourth-order valence-corrected chi connectivity index (χ4v) is 8.65. The highest BCUT2D eigenvalue weighted by Crippen LogP contribution is 2.26. The predicted molar refractivity (Wildman–Crippen MR) is 147 cm³/mol. The Morgan fingerprint density at radius 3 is 2.46 bits per heavy atom. The van der Waals surface area contributed by atoms with E-state index in [1.54, 1.807) is 0 Å². The molecule has 198 valence electrons. The Labute approximate surface area is 220 Å². The summed E-state index contributed by atoms with van der Waals surface area (Å²) in [5.74, 6) is 3.03. The molecule has 0 bridgehead atoms. The van der Waals surface area contributed by atoms with E-state index in [1.165, 1.54) is 5.57 Å². The van der Waals surface area contributed by atoms with Crippen LogP contribution in [0.1, 0.15) is 38.9 Å². The lowest BCUT2D eigenvalue weighted by Crippen LogP contribution is -2.46. The summed E-state index contributed by atoms with van der Waals surface area (Å²) in [5.41, 5.74) is 2.18. The minimum atomic E-state index is -2.72. The fraction of sp³-hybridized carbons (Fsp3) is 0.640. The largest absolute Gasteiger partial charge is 0.500 e. The van der Waals surface area contributed by atoms with Crippen molar-refractivity contribution in [2.75, 3.05) is 56.8 Å². The van der Waals surface area contributed by atoms with Gasteiger partial charge in [0.2, 0.25) is 0 Å². The van der Waals surface area contributed by atoms with E-state index in [2.05, 4.69) is 11.9 Å². The number of benzene rings is 1. The van der Waals surface area contributed by atoms with Crippen LogP contribution in [0.15, 0.2) is 42.5 Å². The van der Waals surface area contributed by atoms with Crippen molar-refractivity contribution in [3.05, 3.63) is 48.0 Å². The second-order valence-corrected chi connectivity index (χ2v) is 13.1. The lowest BCUT2D eigenvalue weighted by Gasteiger charge is -2.28. The molecule has 1 aromatic carbocycles. The highest BCUT2D eigenvalue weighted by molar-refractivity contribution is 8.04. The maximum Gasteiger partial charge on any atom is 0.500 e. The number of rotatable bonds is 16. The standard InChI is InChI=1S/C25H41NO6S2Si/c1-5-29-35(30-6-2,31-7-3)15-11-14-26-25(27)32-24(22-12-9-8-10-13-22)17-28-16-23-20-33-18-21(4)19-34-23/h8-10,12-13,23-24H,4-7,11,14-20H2,1-3H3,(H,26,27). The second-order valence-electron chi connectivity index (χ2n) is 8.05. The van der Waals surface area contributed by atoms with Crippen molar-refractivity contribution < 1.29 is 27.5 Å². The normalized spacial score (nSPS) is 17.6. The topological polar surface area (TPSA) is 75.3 Å². The van der Waals surface area contributed by atoms with Crippen LogP contribution in [-0.2, 0) is 22.8 Å². The van der Waals surface area contributed by atoms with Crippen LogP contribution in [0.4, 0.5) is 4.79 Å². The number of amides is 1. The Morgan fingerprint density at radius 2 is 1.80 bits per heavy atom. The van der Waals surface area contributed by atoms with Crippen molar-refractivity contribution in [2.24, 2.45) is 0 Å². The van der Waals surface area contributed by atoms with Gasteiger partial charge in [0.15, 0.2) is 6.10 Å². The minimum Gasteiger partial charge on any atom is -0.439 e. The summed E-state index contributed by atoms with van der Waals surface area (Å²) in [6, 6.07) is 10.4. The Bertz CT molecular complexity index is 725. The van der Waals surface area contributed by atoms with Gasteiger partial charge in [-0.2, -0.15) is 23.5 Å². The van der Waals surface area contributed by atoms with Crippen molar-refractivity contribution in [3.63, 3.8) is 0 Å². The van der Waals surface area contributed by atoms with Gasteiger partial charge in [0.1, 0.15) is 0 Å². The highest BCUT2D eigenvalue weighted by atomic mass is 32.2. The van der Waals surface area contributed by atoms with Crippen molar-refractivity contribution in [1.29, 1.82) is 0 Å². The lowest BCUT2D eigenvalue weighted by atomic mass is 10.1. The molecule has 1 heterocycles. The SMILES string of the molecule is C=C1CSCC(COCC(OC(=O)NCCC[Si](OCC)(OCC)OCC)c2ccccc2)SC1. The molecule has 7 nitrogen and oxygen atoms in total. The zero-order valence-electron chi connectivity index (χ0n) is 21.3. The molecule has 35 heavy (non-hydrogen) atoms.